The molecule has 0 aromatic carbocycles. The number of nitrogens with one attached hydrogen (secondary N) is 1. The highest BCUT2D eigenvalue weighted by Crippen LogP contribution is 2.15. The lowest BCUT2D eigenvalue weighted by molar-refractivity contribution is -0.123. The van der Waals surface area contributed by atoms with Crippen LogP contribution in [0.5, 0.6) is 0 Å². The third kappa shape index (κ3) is 5.00. The number of carbonyl (C=O) groups excluding carboxylic acids is 1. The Labute approximate surface area is 155 Å². The summed E-state index contributed by atoms with van der Waals surface area (Å²) in [7, 11) is 5.33. The van der Waals surface area contributed by atoms with E-state index in [9.17, 15) is 4.79 Å². The van der Waals surface area contributed by atoms with Crippen LogP contribution in [0.1, 0.15) is 22.9 Å². The van der Waals surface area contributed by atoms with E-state index in [1.165, 1.54) is 0 Å². The van der Waals surface area contributed by atoms with Crippen molar-refractivity contribution in [1.82, 2.24) is 39.6 Å². The maximum Gasteiger partial charge on any atom is 0.290 e. The molecule has 0 aliphatic heterocycles. The summed E-state index contributed by atoms with van der Waals surface area (Å²) in [6.45, 7) is 1.71. The topological polar surface area (TPSA) is 133 Å². The number of nitrogens with zero attached hydrogens (tertiary/aromatic N) is 7. The van der Waals surface area contributed by atoms with Gasteiger partial charge in [-0.25, -0.2) is 9.67 Å². The highest BCUT2D eigenvalue weighted by atomic mass is 16.3. The van der Waals surface area contributed by atoms with E-state index in [4.69, 9.17) is 9.90 Å². The smallest absolute Gasteiger partial charge is 0.290 e. The van der Waals surface area contributed by atoms with Gasteiger partial charge in [0.15, 0.2) is 5.82 Å². The van der Waals surface area contributed by atoms with E-state index in [0.717, 1.165) is 22.8 Å². The molecule has 11 heteroatoms. The molecule has 0 saturated carbocycles. The van der Waals surface area contributed by atoms with Crippen molar-refractivity contribution in [3.8, 4) is 5.69 Å². The van der Waals surface area contributed by atoms with Crippen LogP contribution in [0.15, 0.2) is 18.6 Å². The first kappa shape index (κ1) is 19.8. The summed E-state index contributed by atoms with van der Waals surface area (Å²) in [5.41, 5.74) is 2.83. The number of likely N-dealkylation sites (N-methyl/N-ethyl adjacent to an activating group) is 1. The van der Waals surface area contributed by atoms with Crippen molar-refractivity contribution in [2.45, 2.75) is 19.8 Å². The molecule has 3 rings (SSSR count). The normalized spacial score (nSPS) is 10.2. The van der Waals surface area contributed by atoms with Crippen LogP contribution in [0, 0.1) is 6.92 Å². The van der Waals surface area contributed by atoms with Gasteiger partial charge in [-0.3, -0.25) is 19.0 Å². The zero-order valence-corrected chi connectivity index (χ0v) is 15.6. The number of amides is 1. The minimum absolute atomic E-state index is 0.123. The molecule has 3 aromatic heterocycles. The third-order valence-electron chi connectivity index (χ3n) is 3.72. The fourth-order valence-corrected chi connectivity index (χ4v) is 2.53. The Morgan fingerprint density at radius 3 is 2.48 bits per heavy atom. The van der Waals surface area contributed by atoms with Crippen molar-refractivity contribution in [3.63, 3.8) is 0 Å². The van der Waals surface area contributed by atoms with Gasteiger partial charge in [0.1, 0.15) is 11.5 Å². The summed E-state index contributed by atoms with van der Waals surface area (Å²) in [6, 6.07) is 0. The monoisotopic (exact) mass is 374 g/mol. The van der Waals surface area contributed by atoms with E-state index in [1.807, 2.05) is 33.4 Å². The third-order valence-corrected chi connectivity index (χ3v) is 3.72. The SMILES string of the molecule is CNC(=O)Cc1nc(Cc2cn(C)nc2C)n(-c2cnn(C)c2)n1.O=CO. The average Bonchev–Trinajstić information content (AvgIpc) is 3.28. The molecule has 0 spiro atoms. The van der Waals surface area contributed by atoms with Gasteiger partial charge in [-0.05, 0) is 6.92 Å². The van der Waals surface area contributed by atoms with Crippen LogP contribution in [-0.2, 0) is 36.5 Å². The minimum Gasteiger partial charge on any atom is -0.483 e. The van der Waals surface area contributed by atoms with Crippen molar-refractivity contribution in [3.05, 3.63) is 41.5 Å². The van der Waals surface area contributed by atoms with Gasteiger partial charge in [-0.2, -0.15) is 15.3 Å². The number of hydrogen-bond acceptors (Lipinski definition) is 6. The molecule has 0 atom stereocenters. The van der Waals surface area contributed by atoms with Crippen LogP contribution in [0.25, 0.3) is 5.69 Å². The van der Waals surface area contributed by atoms with Gasteiger partial charge in [0.25, 0.3) is 6.47 Å². The molecule has 11 nitrogen and oxygen atoms in total. The summed E-state index contributed by atoms with van der Waals surface area (Å²) < 4.78 is 5.22. The van der Waals surface area contributed by atoms with E-state index >= 15 is 0 Å². The lowest BCUT2D eigenvalue weighted by Crippen LogP contribution is -2.20. The van der Waals surface area contributed by atoms with Gasteiger partial charge in [-0.15, -0.1) is 0 Å². The first-order chi connectivity index (χ1) is 12.9. The molecule has 1 amide bonds. The second-order valence-electron chi connectivity index (χ2n) is 5.77. The molecule has 2 N–H and O–H groups in total. The predicted octanol–water partition coefficient (Wildman–Crippen LogP) is -0.377. The summed E-state index contributed by atoms with van der Waals surface area (Å²) >= 11 is 0. The Morgan fingerprint density at radius 2 is 1.96 bits per heavy atom. The Hall–Kier alpha value is -3.50. The van der Waals surface area contributed by atoms with E-state index in [1.54, 1.807) is 27.3 Å². The fourth-order valence-electron chi connectivity index (χ4n) is 2.53. The average molecular weight is 374 g/mol. The van der Waals surface area contributed by atoms with Gasteiger partial charge in [0, 0.05) is 39.3 Å². The molecule has 0 aliphatic rings. The van der Waals surface area contributed by atoms with Crippen molar-refractivity contribution in [1.29, 1.82) is 0 Å². The van der Waals surface area contributed by atoms with Gasteiger partial charge >= 0.3 is 0 Å². The standard InChI is InChI=1S/C15H20N8O.CH2O2/c1-10-11(8-22(4)19-10)5-14-18-13(6-15(24)16-2)20-23(14)12-7-17-21(3)9-12;2-1-3/h7-9H,5-6H2,1-4H3,(H,16,24);1H,(H,2,3). The molecule has 0 bridgehead atoms. The first-order valence-corrected chi connectivity index (χ1v) is 8.09. The fraction of sp³-hybridized carbons (Fsp3) is 0.375. The number of hydrogen-bond donors (Lipinski definition) is 2. The number of aromatic nitrogens is 7. The van der Waals surface area contributed by atoms with Crippen molar-refractivity contribution < 1.29 is 14.7 Å². The largest absolute Gasteiger partial charge is 0.483 e. The molecule has 3 heterocycles. The molecule has 0 unspecified atom stereocenters. The maximum absolute atomic E-state index is 11.6. The highest BCUT2D eigenvalue weighted by Gasteiger charge is 2.17. The van der Waals surface area contributed by atoms with E-state index in [2.05, 4.69) is 25.6 Å². The summed E-state index contributed by atoms with van der Waals surface area (Å²) in [6.07, 6.45) is 6.27. The number of carboxylic acid groups (broad SMARTS) is 1. The molecule has 0 aliphatic carbocycles. The van der Waals surface area contributed by atoms with E-state index in [-0.39, 0.29) is 18.8 Å². The second-order valence-corrected chi connectivity index (χ2v) is 5.77. The molecule has 0 radical (unpaired) electrons. The highest BCUT2D eigenvalue weighted by molar-refractivity contribution is 5.77. The lowest BCUT2D eigenvalue weighted by Gasteiger charge is -2.02. The zero-order chi connectivity index (χ0) is 20.0. The lowest BCUT2D eigenvalue weighted by atomic mass is 10.2. The first-order valence-electron chi connectivity index (χ1n) is 8.09. The van der Waals surface area contributed by atoms with Crippen LogP contribution < -0.4 is 5.32 Å². The second kappa shape index (κ2) is 8.74. The summed E-state index contributed by atoms with van der Waals surface area (Å²) in [4.78, 5) is 24.5. The van der Waals surface area contributed by atoms with Gasteiger partial charge in [-0.1, -0.05) is 0 Å². The Bertz CT molecular complexity index is 924. The molecule has 0 fully saturated rings. The van der Waals surface area contributed by atoms with Gasteiger partial charge in [0.2, 0.25) is 5.91 Å². The molecule has 3 aromatic rings. The van der Waals surface area contributed by atoms with Crippen molar-refractivity contribution in [2.75, 3.05) is 7.05 Å². The molecular weight excluding hydrogens is 352 g/mol. The van der Waals surface area contributed by atoms with Crippen LogP contribution >= 0.6 is 0 Å². The quantitative estimate of drug-likeness (QED) is 0.582. The van der Waals surface area contributed by atoms with Crippen LogP contribution in [0.4, 0.5) is 0 Å². The van der Waals surface area contributed by atoms with E-state index in [0.29, 0.717) is 12.2 Å². The Kier molecular flexibility index (Phi) is 6.41. The predicted molar refractivity (Wildman–Crippen MR) is 95.3 cm³/mol. The molecular formula is C16H22N8O3. The Morgan fingerprint density at radius 1 is 1.26 bits per heavy atom. The van der Waals surface area contributed by atoms with Gasteiger partial charge in [0.05, 0.1) is 24.5 Å². The maximum atomic E-state index is 11.6. The van der Waals surface area contributed by atoms with Crippen LogP contribution in [0.2, 0.25) is 0 Å². The minimum atomic E-state index is -0.250. The summed E-state index contributed by atoms with van der Waals surface area (Å²) in [5.74, 6) is 1.11. The number of carbonyl (C=O) groups is 2. The van der Waals surface area contributed by atoms with Crippen molar-refractivity contribution in [2.24, 2.45) is 14.1 Å². The van der Waals surface area contributed by atoms with Crippen molar-refractivity contribution >= 4 is 12.4 Å². The zero-order valence-electron chi connectivity index (χ0n) is 15.6. The molecule has 144 valence electrons. The number of aryl methyl sites for hydroxylation is 3. The summed E-state index contributed by atoms with van der Waals surface area (Å²) in [5, 5.41) is 22.5. The molecule has 27 heavy (non-hydrogen) atoms. The van der Waals surface area contributed by atoms with Crippen LogP contribution in [-0.4, -0.2) is 58.9 Å². The van der Waals surface area contributed by atoms with Crippen LogP contribution in [0.3, 0.4) is 0 Å². The van der Waals surface area contributed by atoms with Gasteiger partial charge < -0.3 is 10.4 Å². The Balaban J connectivity index is 0.000000817. The molecule has 0 saturated heterocycles. The van der Waals surface area contributed by atoms with E-state index < -0.39 is 0 Å². The number of rotatable bonds is 5.